The Morgan fingerprint density at radius 1 is 1.55 bits per heavy atom. The third-order valence-electron chi connectivity index (χ3n) is 1.16. The second-order valence-electron chi connectivity index (χ2n) is 2.29. The molecule has 0 saturated heterocycles. The highest BCUT2D eigenvalue weighted by molar-refractivity contribution is 5.10. The van der Waals surface area contributed by atoms with Crippen LogP contribution in [-0.2, 0) is 4.74 Å². The third kappa shape index (κ3) is 5.52. The molecule has 0 aliphatic carbocycles. The van der Waals surface area contributed by atoms with Gasteiger partial charge in [0.15, 0.2) is 0 Å². The SMILES string of the molecule is C=C(C=C(O)CCC)OCC. The molecule has 0 bridgehead atoms. The van der Waals surface area contributed by atoms with Crippen molar-refractivity contribution in [3.05, 3.63) is 24.2 Å². The van der Waals surface area contributed by atoms with Crippen LogP contribution in [0.15, 0.2) is 24.2 Å². The number of hydrogen-bond donors (Lipinski definition) is 1. The van der Waals surface area contributed by atoms with Crippen LogP contribution in [0.4, 0.5) is 0 Å². The Morgan fingerprint density at radius 2 is 2.18 bits per heavy atom. The number of aliphatic hydroxyl groups excluding tert-OH is 1. The topological polar surface area (TPSA) is 29.5 Å². The van der Waals surface area contributed by atoms with Crippen LogP contribution in [0.1, 0.15) is 26.7 Å². The van der Waals surface area contributed by atoms with Crippen LogP contribution in [0.3, 0.4) is 0 Å². The van der Waals surface area contributed by atoms with Crippen LogP contribution in [0.25, 0.3) is 0 Å². The minimum absolute atomic E-state index is 0.339. The van der Waals surface area contributed by atoms with Gasteiger partial charge in [-0.15, -0.1) is 0 Å². The fourth-order valence-corrected chi connectivity index (χ4v) is 0.741. The highest BCUT2D eigenvalue weighted by atomic mass is 16.5. The van der Waals surface area contributed by atoms with E-state index in [2.05, 4.69) is 6.58 Å². The van der Waals surface area contributed by atoms with Crippen molar-refractivity contribution in [2.24, 2.45) is 0 Å². The zero-order valence-corrected chi connectivity index (χ0v) is 7.26. The molecule has 0 rings (SSSR count). The van der Waals surface area contributed by atoms with Gasteiger partial charge in [0.1, 0.15) is 5.76 Å². The van der Waals surface area contributed by atoms with Gasteiger partial charge in [-0.3, -0.25) is 0 Å². The van der Waals surface area contributed by atoms with E-state index in [0.717, 1.165) is 6.42 Å². The molecule has 0 aliphatic heterocycles. The van der Waals surface area contributed by atoms with Gasteiger partial charge in [0.05, 0.1) is 12.4 Å². The Morgan fingerprint density at radius 3 is 2.64 bits per heavy atom. The second-order valence-corrected chi connectivity index (χ2v) is 2.29. The van der Waals surface area contributed by atoms with Crippen LogP contribution in [0.5, 0.6) is 0 Å². The molecule has 1 N–H and O–H groups in total. The first-order valence-corrected chi connectivity index (χ1v) is 3.92. The van der Waals surface area contributed by atoms with Crippen LogP contribution in [0, 0.1) is 0 Å². The maximum absolute atomic E-state index is 9.17. The summed E-state index contributed by atoms with van der Waals surface area (Å²) < 4.78 is 5.03. The van der Waals surface area contributed by atoms with E-state index in [9.17, 15) is 0 Å². The molecule has 0 atom stereocenters. The van der Waals surface area contributed by atoms with Gasteiger partial charge in [0, 0.05) is 12.5 Å². The van der Waals surface area contributed by atoms with Gasteiger partial charge in [0.2, 0.25) is 0 Å². The lowest BCUT2D eigenvalue weighted by atomic mass is 10.2. The van der Waals surface area contributed by atoms with Crippen molar-refractivity contribution in [1.82, 2.24) is 0 Å². The molecule has 0 aromatic rings. The van der Waals surface area contributed by atoms with Crippen molar-refractivity contribution in [1.29, 1.82) is 0 Å². The Labute approximate surface area is 68.2 Å². The highest BCUT2D eigenvalue weighted by Gasteiger charge is 1.92. The first-order chi connectivity index (χ1) is 5.20. The van der Waals surface area contributed by atoms with Crippen LogP contribution in [-0.4, -0.2) is 11.7 Å². The second kappa shape index (κ2) is 5.83. The molecule has 0 aromatic heterocycles. The summed E-state index contributed by atoms with van der Waals surface area (Å²) >= 11 is 0. The molecular weight excluding hydrogens is 140 g/mol. The van der Waals surface area contributed by atoms with E-state index in [4.69, 9.17) is 9.84 Å². The number of ether oxygens (including phenoxy) is 1. The van der Waals surface area contributed by atoms with E-state index < -0.39 is 0 Å². The van der Waals surface area contributed by atoms with Crippen molar-refractivity contribution in [2.45, 2.75) is 26.7 Å². The van der Waals surface area contributed by atoms with Crippen molar-refractivity contribution in [3.63, 3.8) is 0 Å². The Kier molecular flexibility index (Phi) is 5.35. The van der Waals surface area contributed by atoms with Gasteiger partial charge < -0.3 is 9.84 Å². The van der Waals surface area contributed by atoms with Crippen LogP contribution in [0.2, 0.25) is 0 Å². The van der Waals surface area contributed by atoms with E-state index in [1.54, 1.807) is 6.08 Å². The van der Waals surface area contributed by atoms with Gasteiger partial charge in [-0.1, -0.05) is 13.5 Å². The Balaban J connectivity index is 3.76. The lowest BCUT2D eigenvalue weighted by molar-refractivity contribution is 0.240. The summed E-state index contributed by atoms with van der Waals surface area (Å²) in [6.07, 6.45) is 3.18. The van der Waals surface area contributed by atoms with Crippen LogP contribution < -0.4 is 0 Å². The van der Waals surface area contributed by atoms with E-state index in [1.165, 1.54) is 0 Å². The molecule has 2 nitrogen and oxygen atoms in total. The van der Waals surface area contributed by atoms with E-state index in [1.807, 2.05) is 13.8 Å². The summed E-state index contributed by atoms with van der Waals surface area (Å²) in [6.45, 7) is 8.09. The van der Waals surface area contributed by atoms with Gasteiger partial charge in [-0.05, 0) is 13.3 Å². The Hall–Kier alpha value is -0.920. The quantitative estimate of drug-likeness (QED) is 0.490. The molecule has 0 heterocycles. The smallest absolute Gasteiger partial charge is 0.115 e. The predicted octanol–water partition coefficient (Wildman–Crippen LogP) is 2.78. The molecule has 0 spiro atoms. The minimum Gasteiger partial charge on any atom is -0.512 e. The number of aliphatic hydroxyl groups is 1. The summed E-state index contributed by atoms with van der Waals surface area (Å²) in [7, 11) is 0. The van der Waals surface area contributed by atoms with Crippen molar-refractivity contribution >= 4 is 0 Å². The number of allylic oxidation sites excluding steroid dienone is 2. The van der Waals surface area contributed by atoms with Crippen molar-refractivity contribution in [3.8, 4) is 0 Å². The standard InChI is InChI=1S/C9H16O2/c1-4-6-9(10)7-8(3)11-5-2/h7,10H,3-6H2,1-2H3. The van der Waals surface area contributed by atoms with Gasteiger partial charge in [0.25, 0.3) is 0 Å². The van der Waals surface area contributed by atoms with Gasteiger partial charge in [-0.2, -0.15) is 0 Å². The average Bonchev–Trinajstić information content (AvgIpc) is 1.87. The molecule has 64 valence electrons. The zero-order chi connectivity index (χ0) is 8.69. The molecule has 0 fully saturated rings. The molecule has 11 heavy (non-hydrogen) atoms. The molecular formula is C9H16O2. The number of rotatable bonds is 5. The fraction of sp³-hybridized carbons (Fsp3) is 0.556. The summed E-state index contributed by atoms with van der Waals surface area (Å²) in [5, 5.41) is 9.17. The predicted molar refractivity (Wildman–Crippen MR) is 46.4 cm³/mol. The first kappa shape index (κ1) is 10.1. The molecule has 0 radical (unpaired) electrons. The maximum Gasteiger partial charge on any atom is 0.115 e. The molecule has 2 heteroatoms. The molecule has 0 aromatic carbocycles. The maximum atomic E-state index is 9.17. The van der Waals surface area contributed by atoms with Crippen LogP contribution >= 0.6 is 0 Å². The lowest BCUT2D eigenvalue weighted by Gasteiger charge is -2.01. The number of hydrogen-bond acceptors (Lipinski definition) is 2. The normalized spacial score (nSPS) is 11.3. The van der Waals surface area contributed by atoms with E-state index in [0.29, 0.717) is 24.5 Å². The third-order valence-corrected chi connectivity index (χ3v) is 1.16. The van der Waals surface area contributed by atoms with Crippen molar-refractivity contribution in [2.75, 3.05) is 6.61 Å². The van der Waals surface area contributed by atoms with Gasteiger partial charge in [-0.25, -0.2) is 0 Å². The fourth-order valence-electron chi connectivity index (χ4n) is 0.741. The summed E-state index contributed by atoms with van der Waals surface area (Å²) in [6, 6.07) is 0. The molecule has 0 unspecified atom stereocenters. The summed E-state index contributed by atoms with van der Waals surface area (Å²) in [5.41, 5.74) is 0. The summed E-state index contributed by atoms with van der Waals surface area (Å²) in [5.74, 6) is 0.865. The molecule has 0 amide bonds. The monoisotopic (exact) mass is 156 g/mol. The average molecular weight is 156 g/mol. The molecule has 0 saturated carbocycles. The van der Waals surface area contributed by atoms with Crippen molar-refractivity contribution < 1.29 is 9.84 Å². The minimum atomic E-state index is 0.339. The molecule has 0 aliphatic rings. The largest absolute Gasteiger partial charge is 0.512 e. The van der Waals surface area contributed by atoms with Gasteiger partial charge >= 0.3 is 0 Å². The lowest BCUT2D eigenvalue weighted by Crippen LogP contribution is -1.88. The van der Waals surface area contributed by atoms with E-state index in [-0.39, 0.29) is 0 Å². The highest BCUT2D eigenvalue weighted by Crippen LogP contribution is 2.04. The van der Waals surface area contributed by atoms with E-state index >= 15 is 0 Å². The zero-order valence-electron chi connectivity index (χ0n) is 7.26. The Bertz CT molecular complexity index is 148. The first-order valence-electron chi connectivity index (χ1n) is 3.92. The summed E-state index contributed by atoms with van der Waals surface area (Å²) in [4.78, 5) is 0.